The van der Waals surface area contributed by atoms with E-state index in [1.54, 1.807) is 0 Å². The molecule has 0 aliphatic carbocycles. The number of rotatable bonds is 37. The van der Waals surface area contributed by atoms with E-state index in [-0.39, 0.29) is 42.1 Å². The fraction of sp³-hybridized carbons (Fsp3) is 1.00. The van der Waals surface area contributed by atoms with E-state index >= 15 is 0 Å². The first-order valence-corrected chi connectivity index (χ1v) is 20.9. The van der Waals surface area contributed by atoms with Crippen LogP contribution in [0.1, 0.15) is 232 Å². The van der Waals surface area contributed by atoms with Crippen molar-refractivity contribution in [1.29, 1.82) is 0 Å². The Bertz CT molecular complexity index is 592. The van der Waals surface area contributed by atoms with E-state index in [0.717, 1.165) is 25.7 Å². The van der Waals surface area contributed by atoms with Gasteiger partial charge < -0.3 is 4.55 Å². The maximum Gasteiger partial charge on any atom is 1.00 e. The number of hydrogen-bond donors (Lipinski definition) is 0. The van der Waals surface area contributed by atoms with Gasteiger partial charge in [0.15, 0.2) is 0 Å². The Hall–Kier alpha value is 0.870. The van der Waals surface area contributed by atoms with Crippen LogP contribution in [0.3, 0.4) is 0 Å². The largest absolute Gasteiger partial charge is 1.00 e. The number of hydrogen-bond acceptors (Lipinski definition) is 4. The van der Waals surface area contributed by atoms with Crippen molar-refractivity contribution in [2.24, 2.45) is 5.92 Å². The summed E-state index contributed by atoms with van der Waals surface area (Å²) in [5, 5.41) is 0. The van der Waals surface area contributed by atoms with Crippen LogP contribution in [-0.4, -0.2) is 19.6 Å². The third kappa shape index (κ3) is 40.9. The molecule has 0 aromatic rings. The summed E-state index contributed by atoms with van der Waals surface area (Å²) in [6.07, 6.45) is 45.3. The van der Waals surface area contributed by atoms with E-state index in [4.69, 9.17) is 0 Å². The molecule has 4 nitrogen and oxygen atoms in total. The third-order valence-corrected chi connectivity index (χ3v) is 9.80. The molecule has 0 unspecified atom stereocenters. The molecule has 0 spiro atoms. The summed E-state index contributed by atoms with van der Waals surface area (Å²) in [5.74, 6) is 0.196. The molecule has 0 N–H and O–H groups in total. The van der Waals surface area contributed by atoms with Crippen molar-refractivity contribution in [1.82, 2.24) is 0 Å². The van der Waals surface area contributed by atoms with Crippen LogP contribution in [-0.2, 0) is 14.6 Å². The summed E-state index contributed by atoms with van der Waals surface area (Å²) >= 11 is 0. The van der Waals surface area contributed by atoms with Crippen LogP contribution >= 0.6 is 0 Å². The van der Waals surface area contributed by atoms with Crippen LogP contribution in [0.2, 0.25) is 0 Å². The first-order chi connectivity index (χ1) is 21.0. The second-order valence-corrected chi connectivity index (χ2v) is 14.8. The average molecular weight is 653 g/mol. The van der Waals surface area contributed by atoms with Gasteiger partial charge in [0.2, 0.25) is 10.4 Å². The van der Waals surface area contributed by atoms with Crippen molar-refractivity contribution < 1.29 is 46.7 Å². The Morgan fingerprint density at radius 1 is 0.409 bits per heavy atom. The van der Waals surface area contributed by atoms with Crippen LogP contribution < -0.4 is 29.6 Å². The van der Waals surface area contributed by atoms with Crippen molar-refractivity contribution in [3.63, 3.8) is 0 Å². The van der Waals surface area contributed by atoms with Gasteiger partial charge in [-0.15, -0.1) is 0 Å². The predicted octanol–water partition coefficient (Wildman–Crippen LogP) is 10.4. The fourth-order valence-electron chi connectivity index (χ4n) is 6.45. The van der Waals surface area contributed by atoms with Crippen molar-refractivity contribution in [2.75, 3.05) is 6.61 Å². The van der Waals surface area contributed by atoms with Crippen LogP contribution in [0.15, 0.2) is 0 Å². The summed E-state index contributed by atoms with van der Waals surface area (Å²) in [4.78, 5) is 0. The summed E-state index contributed by atoms with van der Waals surface area (Å²) in [6.45, 7) is 4.63. The monoisotopic (exact) mass is 653 g/mol. The Morgan fingerprint density at radius 2 is 0.614 bits per heavy atom. The average Bonchev–Trinajstić information content (AvgIpc) is 2.98. The van der Waals surface area contributed by atoms with Gasteiger partial charge >= 0.3 is 29.6 Å². The molecule has 0 saturated heterocycles. The third-order valence-electron chi connectivity index (χ3n) is 9.38. The van der Waals surface area contributed by atoms with E-state index in [0.29, 0.717) is 0 Å². The van der Waals surface area contributed by atoms with Crippen molar-refractivity contribution in [2.45, 2.75) is 232 Å². The van der Waals surface area contributed by atoms with Crippen LogP contribution in [0.4, 0.5) is 0 Å². The molecule has 44 heavy (non-hydrogen) atoms. The van der Waals surface area contributed by atoms with E-state index in [2.05, 4.69) is 18.0 Å². The Morgan fingerprint density at radius 3 is 0.818 bits per heavy atom. The predicted molar refractivity (Wildman–Crippen MR) is 187 cm³/mol. The number of unbranched alkanes of at least 4 members (excludes halogenated alkanes) is 30. The quantitative estimate of drug-likeness (QED) is 0.0290. The summed E-state index contributed by atoms with van der Waals surface area (Å²) in [6, 6.07) is 0. The Kier molecular flexibility index (Phi) is 40.9. The van der Waals surface area contributed by atoms with Crippen molar-refractivity contribution in [3.8, 4) is 0 Å². The molecule has 0 bridgehead atoms. The molecule has 0 atom stereocenters. The summed E-state index contributed by atoms with van der Waals surface area (Å²) in [5.41, 5.74) is 0. The SMILES string of the molecule is CCCCCCCCCCCCCCCCCCC(CCCCCCCCCCCCCCCCCC)COS(=O)(=O)[O-].[Na+]. The molecule has 0 rings (SSSR count). The molecule has 0 aromatic carbocycles. The van der Waals surface area contributed by atoms with Crippen LogP contribution in [0, 0.1) is 5.92 Å². The van der Waals surface area contributed by atoms with Gasteiger partial charge in [-0.1, -0.05) is 219 Å². The van der Waals surface area contributed by atoms with E-state index in [9.17, 15) is 13.0 Å². The van der Waals surface area contributed by atoms with Gasteiger partial charge in [-0.05, 0) is 18.8 Å². The smallest absolute Gasteiger partial charge is 0.726 e. The minimum atomic E-state index is -4.59. The van der Waals surface area contributed by atoms with Gasteiger partial charge in [-0.25, -0.2) is 8.42 Å². The fourth-order valence-corrected chi connectivity index (χ4v) is 6.81. The molecule has 0 amide bonds. The molecule has 0 heterocycles. The van der Waals surface area contributed by atoms with E-state index < -0.39 is 10.4 Å². The van der Waals surface area contributed by atoms with Gasteiger partial charge in [0, 0.05) is 0 Å². The normalized spacial score (nSPS) is 11.8. The second kappa shape index (κ2) is 38.3. The van der Waals surface area contributed by atoms with Gasteiger partial charge in [-0.2, -0.15) is 0 Å². The zero-order valence-corrected chi connectivity index (χ0v) is 33.2. The molecule has 6 heteroatoms. The Balaban J connectivity index is 0. The molecule has 0 aromatic heterocycles. The van der Waals surface area contributed by atoms with Gasteiger partial charge in [0.25, 0.3) is 0 Å². The van der Waals surface area contributed by atoms with Crippen molar-refractivity contribution in [3.05, 3.63) is 0 Å². The topological polar surface area (TPSA) is 66.4 Å². The maximum absolute atomic E-state index is 11.0. The molecule has 0 fully saturated rings. The first-order valence-electron chi connectivity index (χ1n) is 19.6. The summed E-state index contributed by atoms with van der Waals surface area (Å²) in [7, 11) is -4.59. The Labute approximate surface area is 300 Å². The molecular weight excluding hydrogens is 575 g/mol. The zero-order chi connectivity index (χ0) is 31.5. The van der Waals surface area contributed by atoms with Gasteiger partial charge in [0.1, 0.15) is 0 Å². The van der Waals surface area contributed by atoms with E-state index in [1.807, 2.05) is 0 Å². The standard InChI is InChI=1S/C38H78O4S.Na/c1-3-5-7-9-11-13-15-17-19-21-23-25-27-29-31-33-35-38(37-42-43(39,40)41)36-34-32-30-28-26-24-22-20-18-16-14-12-10-8-6-4-2;/h38H,3-37H2,1-2H3,(H,39,40,41);/q;+1/p-1. The van der Waals surface area contributed by atoms with Crippen molar-refractivity contribution >= 4 is 10.4 Å². The maximum atomic E-state index is 11.0. The molecule has 0 aliphatic heterocycles. The minimum absolute atomic E-state index is 0. The molecule has 0 saturated carbocycles. The summed E-state index contributed by atoms with van der Waals surface area (Å²) < 4.78 is 37.7. The van der Waals surface area contributed by atoms with E-state index in [1.165, 1.54) is 193 Å². The second-order valence-electron chi connectivity index (χ2n) is 13.7. The molecule has 0 aliphatic rings. The van der Waals surface area contributed by atoms with Crippen LogP contribution in [0.25, 0.3) is 0 Å². The minimum Gasteiger partial charge on any atom is -0.726 e. The molecular formula is C38H77NaO4S. The zero-order valence-electron chi connectivity index (χ0n) is 30.4. The molecule has 0 radical (unpaired) electrons. The van der Waals surface area contributed by atoms with Crippen LogP contribution in [0.5, 0.6) is 0 Å². The van der Waals surface area contributed by atoms with Gasteiger partial charge in [-0.3, -0.25) is 4.18 Å². The first kappa shape index (κ1) is 47.0. The molecule has 260 valence electrons. The van der Waals surface area contributed by atoms with Gasteiger partial charge in [0.05, 0.1) is 6.61 Å².